The molecule has 2 bridgehead atoms. The predicted molar refractivity (Wildman–Crippen MR) is 56.0 cm³/mol. The fourth-order valence-electron chi connectivity index (χ4n) is 2.44. The average molecular weight is 180 g/mol. The maximum atomic E-state index is 5.84. The Bertz CT molecular complexity index is 698. The Kier molecular flexibility index (Phi) is 0.954. The molecular weight excluding hydrogens is 172 g/mol. The molecule has 14 heavy (non-hydrogen) atoms. The minimum atomic E-state index is 1.01. The molecule has 0 amide bonds. The summed E-state index contributed by atoms with van der Waals surface area (Å²) < 4.78 is 5.84. The molecule has 0 fully saturated rings. The van der Waals surface area contributed by atoms with Crippen LogP contribution < -0.4 is 10.6 Å². The van der Waals surface area contributed by atoms with Gasteiger partial charge in [-0.3, -0.25) is 0 Å². The predicted octanol–water partition coefficient (Wildman–Crippen LogP) is 1.71. The van der Waals surface area contributed by atoms with Crippen molar-refractivity contribution < 1.29 is 4.42 Å². The number of fused-ring (bicyclic) bond motifs is 5. The molecule has 2 aromatic rings. The lowest BCUT2D eigenvalue weighted by Crippen LogP contribution is -2.20. The normalized spacial score (nSPS) is 17.1. The van der Waals surface area contributed by atoms with Crippen molar-refractivity contribution in [1.29, 1.82) is 0 Å². The second kappa shape index (κ2) is 2.01. The molecule has 0 unspecified atom stereocenters. The highest BCUT2D eigenvalue weighted by molar-refractivity contribution is 5.92. The van der Waals surface area contributed by atoms with Crippen molar-refractivity contribution in [2.45, 2.75) is 6.42 Å². The van der Waals surface area contributed by atoms with E-state index in [1.165, 1.54) is 21.8 Å². The lowest BCUT2D eigenvalue weighted by molar-refractivity contribution is 0.574. The Morgan fingerprint density at radius 1 is 1.00 bits per heavy atom. The highest BCUT2D eigenvalue weighted by Gasteiger charge is 2.20. The van der Waals surface area contributed by atoms with E-state index < -0.39 is 0 Å². The van der Waals surface area contributed by atoms with Crippen molar-refractivity contribution in [1.82, 2.24) is 0 Å². The SMILES string of the molecule is C1=CC2=c3c(oc4ccccc34)=C1C2. The van der Waals surface area contributed by atoms with Gasteiger partial charge in [0.1, 0.15) is 11.0 Å². The number of benzene rings is 1. The molecule has 1 aromatic carbocycles. The Morgan fingerprint density at radius 3 is 2.86 bits per heavy atom. The van der Waals surface area contributed by atoms with Crippen molar-refractivity contribution in [2.24, 2.45) is 0 Å². The largest absolute Gasteiger partial charge is 0.456 e. The third-order valence-corrected chi connectivity index (χ3v) is 3.07. The maximum Gasteiger partial charge on any atom is 0.139 e. The average Bonchev–Trinajstić information content (AvgIpc) is 2.88. The molecular formula is C13H8O. The van der Waals surface area contributed by atoms with Crippen LogP contribution in [-0.4, -0.2) is 0 Å². The summed E-state index contributed by atoms with van der Waals surface area (Å²) in [5, 5.41) is 2.59. The van der Waals surface area contributed by atoms with Gasteiger partial charge in [-0.15, -0.1) is 0 Å². The Morgan fingerprint density at radius 2 is 1.86 bits per heavy atom. The molecule has 0 atom stereocenters. The van der Waals surface area contributed by atoms with E-state index in [1.54, 1.807) is 0 Å². The molecule has 0 spiro atoms. The van der Waals surface area contributed by atoms with Gasteiger partial charge in [0, 0.05) is 17.0 Å². The van der Waals surface area contributed by atoms with Crippen LogP contribution in [0.25, 0.3) is 22.1 Å². The van der Waals surface area contributed by atoms with Gasteiger partial charge < -0.3 is 4.42 Å². The fourth-order valence-corrected chi connectivity index (χ4v) is 2.44. The van der Waals surface area contributed by atoms with Gasteiger partial charge in [-0.1, -0.05) is 30.4 Å². The molecule has 0 saturated carbocycles. The lowest BCUT2D eigenvalue weighted by Gasteiger charge is -1.88. The summed E-state index contributed by atoms with van der Waals surface area (Å²) in [6, 6.07) is 8.26. The third kappa shape index (κ3) is 0.598. The third-order valence-electron chi connectivity index (χ3n) is 3.07. The zero-order valence-electron chi connectivity index (χ0n) is 7.58. The van der Waals surface area contributed by atoms with Crippen LogP contribution in [0.5, 0.6) is 0 Å². The molecule has 1 heteroatoms. The molecule has 0 saturated heterocycles. The molecule has 0 radical (unpaired) electrons. The van der Waals surface area contributed by atoms with E-state index in [9.17, 15) is 0 Å². The number of hydrogen-bond acceptors (Lipinski definition) is 1. The van der Waals surface area contributed by atoms with E-state index in [1.807, 2.05) is 12.1 Å². The summed E-state index contributed by atoms with van der Waals surface area (Å²) in [6.07, 6.45) is 5.44. The van der Waals surface area contributed by atoms with E-state index in [-0.39, 0.29) is 0 Å². The Balaban J connectivity index is 2.45. The highest BCUT2D eigenvalue weighted by Crippen LogP contribution is 2.26. The number of hydrogen-bond donors (Lipinski definition) is 0. The maximum absolute atomic E-state index is 5.84. The zero-order valence-corrected chi connectivity index (χ0v) is 7.58. The fraction of sp³-hybridized carbons (Fsp3) is 0.0769. The van der Waals surface area contributed by atoms with Crippen molar-refractivity contribution in [2.75, 3.05) is 0 Å². The quantitative estimate of drug-likeness (QED) is 0.601. The summed E-state index contributed by atoms with van der Waals surface area (Å²) >= 11 is 0. The van der Waals surface area contributed by atoms with Crippen LogP contribution in [0.4, 0.5) is 0 Å². The molecule has 0 aliphatic heterocycles. The van der Waals surface area contributed by atoms with E-state index in [2.05, 4.69) is 24.3 Å². The van der Waals surface area contributed by atoms with Gasteiger partial charge in [-0.25, -0.2) is 0 Å². The number of para-hydroxylation sites is 1. The summed E-state index contributed by atoms with van der Waals surface area (Å²) in [4.78, 5) is 0. The van der Waals surface area contributed by atoms with Gasteiger partial charge in [0.25, 0.3) is 0 Å². The van der Waals surface area contributed by atoms with Crippen LogP contribution in [0.2, 0.25) is 0 Å². The Labute approximate surface area is 80.7 Å². The number of rotatable bonds is 0. The number of furan rings is 1. The zero-order chi connectivity index (χ0) is 9.12. The molecule has 2 aliphatic carbocycles. The topological polar surface area (TPSA) is 13.1 Å². The van der Waals surface area contributed by atoms with Crippen LogP contribution in [0, 0.1) is 0 Å². The van der Waals surface area contributed by atoms with Crippen molar-refractivity contribution in [3.05, 3.63) is 47.1 Å². The monoisotopic (exact) mass is 180 g/mol. The first-order valence-electron chi connectivity index (χ1n) is 4.85. The molecule has 1 aromatic heterocycles. The lowest BCUT2D eigenvalue weighted by atomic mass is 10.1. The van der Waals surface area contributed by atoms with Gasteiger partial charge in [0.2, 0.25) is 0 Å². The van der Waals surface area contributed by atoms with Gasteiger partial charge in [0.15, 0.2) is 0 Å². The molecule has 4 rings (SSSR count). The second-order valence-electron chi connectivity index (χ2n) is 3.86. The smallest absolute Gasteiger partial charge is 0.139 e. The minimum absolute atomic E-state index is 1.01. The van der Waals surface area contributed by atoms with Crippen molar-refractivity contribution >= 4 is 22.1 Å². The molecule has 2 aliphatic rings. The van der Waals surface area contributed by atoms with Crippen LogP contribution in [0.3, 0.4) is 0 Å². The van der Waals surface area contributed by atoms with E-state index in [0.717, 1.165) is 17.4 Å². The van der Waals surface area contributed by atoms with E-state index in [0.29, 0.717) is 0 Å². The van der Waals surface area contributed by atoms with Crippen molar-refractivity contribution in [3.8, 4) is 0 Å². The van der Waals surface area contributed by atoms with Crippen LogP contribution in [-0.2, 0) is 0 Å². The molecule has 0 N–H and O–H groups in total. The first-order chi connectivity index (χ1) is 6.93. The summed E-state index contributed by atoms with van der Waals surface area (Å²) in [6.45, 7) is 0. The highest BCUT2D eigenvalue weighted by atomic mass is 16.3. The summed E-state index contributed by atoms with van der Waals surface area (Å²) in [5.41, 5.74) is 4.87. The standard InChI is InChI=1S/C13H8O/c1-2-4-11-10(3-1)12-8-5-6-9(7-8)13(12)14-11/h1-6H,7H2. The minimum Gasteiger partial charge on any atom is -0.456 e. The first-order valence-corrected chi connectivity index (χ1v) is 4.85. The van der Waals surface area contributed by atoms with E-state index >= 15 is 0 Å². The van der Waals surface area contributed by atoms with Gasteiger partial charge in [-0.05, 0) is 17.2 Å². The van der Waals surface area contributed by atoms with Gasteiger partial charge in [0.05, 0.1) is 0 Å². The van der Waals surface area contributed by atoms with Gasteiger partial charge in [-0.2, -0.15) is 0 Å². The first kappa shape index (κ1) is 6.66. The molecule has 66 valence electrons. The van der Waals surface area contributed by atoms with Gasteiger partial charge >= 0.3 is 0 Å². The summed E-state index contributed by atoms with van der Waals surface area (Å²) in [7, 11) is 0. The molecule has 1 nitrogen and oxygen atoms in total. The summed E-state index contributed by atoms with van der Waals surface area (Å²) in [5.74, 6) is 0. The Hall–Kier alpha value is -1.76. The van der Waals surface area contributed by atoms with E-state index in [4.69, 9.17) is 4.42 Å². The van der Waals surface area contributed by atoms with Crippen LogP contribution >= 0.6 is 0 Å². The number of allylic oxidation sites excluding steroid dienone is 2. The van der Waals surface area contributed by atoms with Crippen LogP contribution in [0.15, 0.2) is 40.8 Å². The van der Waals surface area contributed by atoms with Crippen LogP contribution in [0.1, 0.15) is 6.42 Å². The second-order valence-corrected chi connectivity index (χ2v) is 3.86. The molecule has 1 heterocycles. The van der Waals surface area contributed by atoms with Crippen molar-refractivity contribution in [3.63, 3.8) is 0 Å².